The molecule has 0 amide bonds. The third-order valence-corrected chi connectivity index (χ3v) is 4.80. The Hall–Kier alpha value is -2.54. The molecule has 0 spiro atoms. The maximum Gasteiger partial charge on any atom is 0.223 e. The van der Waals surface area contributed by atoms with Gasteiger partial charge in [-0.2, -0.15) is 0 Å². The van der Waals surface area contributed by atoms with Crippen molar-refractivity contribution in [2.75, 3.05) is 0 Å². The topological polar surface area (TPSA) is 72.8 Å². The monoisotopic (exact) mass is 370 g/mol. The van der Waals surface area contributed by atoms with E-state index in [-0.39, 0.29) is 5.43 Å². The molecule has 3 rings (SSSR count). The van der Waals surface area contributed by atoms with Crippen LogP contribution in [0.1, 0.15) is 36.8 Å². The molecule has 2 heterocycles. The number of nitrogens with one attached hydrogen (secondary N) is 1. The van der Waals surface area contributed by atoms with Crippen LogP contribution >= 0.6 is 11.8 Å². The number of rotatable bonds is 7. The van der Waals surface area contributed by atoms with Gasteiger partial charge in [-0.3, -0.25) is 9.89 Å². The lowest BCUT2D eigenvalue weighted by molar-refractivity contribution is 0.300. The molecule has 3 aromatic rings. The van der Waals surface area contributed by atoms with Gasteiger partial charge in [0, 0.05) is 30.5 Å². The van der Waals surface area contributed by atoms with Gasteiger partial charge in [0.1, 0.15) is 12.4 Å². The summed E-state index contributed by atoms with van der Waals surface area (Å²) in [5.74, 6) is 2.14. The fraction of sp³-hybridized carbons (Fsp3) is 0.316. The van der Waals surface area contributed by atoms with Gasteiger partial charge in [-0.25, -0.2) is 4.98 Å². The zero-order chi connectivity index (χ0) is 18.5. The van der Waals surface area contributed by atoms with E-state index < -0.39 is 0 Å². The Balaban J connectivity index is 1.65. The highest BCUT2D eigenvalue weighted by atomic mass is 32.2. The van der Waals surface area contributed by atoms with Crippen LogP contribution < -0.4 is 10.2 Å². The van der Waals surface area contributed by atoms with Crippen LogP contribution in [0.25, 0.3) is 0 Å². The highest BCUT2D eigenvalue weighted by Gasteiger charge is 2.10. The number of pyridine rings is 1. The molecule has 2 aromatic heterocycles. The fourth-order valence-corrected chi connectivity index (χ4v) is 3.19. The second kappa shape index (κ2) is 8.23. The Morgan fingerprint density at radius 3 is 2.73 bits per heavy atom. The van der Waals surface area contributed by atoms with Crippen molar-refractivity contribution in [2.24, 2.45) is 7.05 Å². The van der Waals surface area contributed by atoms with E-state index >= 15 is 0 Å². The lowest BCUT2D eigenvalue weighted by Gasteiger charge is -2.11. The van der Waals surface area contributed by atoms with Crippen LogP contribution in [0.4, 0.5) is 0 Å². The lowest BCUT2D eigenvalue weighted by atomic mass is 10.2. The first-order chi connectivity index (χ1) is 12.5. The molecule has 0 atom stereocenters. The van der Waals surface area contributed by atoms with Crippen LogP contribution in [0.15, 0.2) is 52.5 Å². The van der Waals surface area contributed by atoms with Crippen molar-refractivity contribution in [2.45, 2.75) is 37.3 Å². The van der Waals surface area contributed by atoms with Crippen molar-refractivity contribution in [1.82, 2.24) is 19.7 Å². The molecule has 26 heavy (non-hydrogen) atoms. The van der Waals surface area contributed by atoms with E-state index in [1.807, 2.05) is 41.9 Å². The number of thioether (sulfide) groups is 1. The Bertz CT molecular complexity index is 919. The molecule has 136 valence electrons. The second-order valence-electron chi connectivity index (χ2n) is 6.33. The zero-order valence-corrected chi connectivity index (χ0v) is 15.9. The summed E-state index contributed by atoms with van der Waals surface area (Å²) >= 11 is 1.50. The molecule has 1 N–H and O–H groups in total. The lowest BCUT2D eigenvalue weighted by Crippen LogP contribution is -2.13. The predicted molar refractivity (Wildman–Crippen MR) is 102 cm³/mol. The molecule has 0 radical (unpaired) electrons. The first-order valence-electron chi connectivity index (χ1n) is 8.44. The molecular weight excluding hydrogens is 348 g/mol. The minimum absolute atomic E-state index is 0.118. The third kappa shape index (κ3) is 4.54. The molecular formula is C19H22N4O2S. The average Bonchev–Trinajstić information content (AvgIpc) is 3.11. The molecule has 0 unspecified atom stereocenters. The average molecular weight is 370 g/mol. The van der Waals surface area contributed by atoms with Gasteiger partial charge in [0.05, 0.1) is 6.20 Å². The highest BCUT2D eigenvalue weighted by Crippen LogP contribution is 2.21. The van der Waals surface area contributed by atoms with E-state index in [0.29, 0.717) is 29.2 Å². The second-order valence-corrected chi connectivity index (χ2v) is 7.27. The molecule has 0 bridgehead atoms. The quantitative estimate of drug-likeness (QED) is 0.645. The summed E-state index contributed by atoms with van der Waals surface area (Å²) in [5, 5.41) is 7.82. The number of nitrogens with zero attached hydrogens (tertiary/aromatic N) is 3. The Morgan fingerprint density at radius 1 is 1.27 bits per heavy atom. The van der Waals surface area contributed by atoms with Crippen molar-refractivity contribution in [3.63, 3.8) is 0 Å². The molecule has 0 aliphatic heterocycles. The van der Waals surface area contributed by atoms with Crippen LogP contribution in [0.3, 0.4) is 0 Å². The maximum absolute atomic E-state index is 12.3. The first kappa shape index (κ1) is 18.3. The zero-order valence-electron chi connectivity index (χ0n) is 15.1. The number of aromatic nitrogens is 4. The number of hydrogen-bond donors (Lipinski definition) is 1. The van der Waals surface area contributed by atoms with Crippen LogP contribution in [-0.4, -0.2) is 19.7 Å². The predicted octanol–water partition coefficient (Wildman–Crippen LogP) is 3.50. The number of aryl methyl sites for hydroxylation is 1. The van der Waals surface area contributed by atoms with Crippen molar-refractivity contribution < 1.29 is 4.74 Å². The van der Waals surface area contributed by atoms with Crippen LogP contribution in [-0.2, 0) is 19.4 Å². The molecule has 0 saturated heterocycles. The SMILES string of the molecule is CC(C)c1nc(SCc2cc(=O)c(OCc3ccccc3)cn2C)n[nH]1. The van der Waals surface area contributed by atoms with E-state index in [4.69, 9.17) is 4.74 Å². The summed E-state index contributed by atoms with van der Waals surface area (Å²) in [6.07, 6.45) is 1.73. The molecule has 0 saturated carbocycles. The highest BCUT2D eigenvalue weighted by molar-refractivity contribution is 7.98. The molecule has 1 aromatic carbocycles. The molecule has 7 heteroatoms. The van der Waals surface area contributed by atoms with E-state index in [1.165, 1.54) is 11.8 Å². The largest absolute Gasteiger partial charge is 0.483 e. The standard InChI is InChI=1S/C19H22N4O2S/c1-13(2)18-20-19(22-21-18)26-12-15-9-16(24)17(10-23(15)3)25-11-14-7-5-4-6-8-14/h4-10,13H,11-12H2,1-3H3,(H,20,21,22). The Labute approximate surface area is 156 Å². The van der Waals surface area contributed by atoms with E-state index in [9.17, 15) is 4.79 Å². The summed E-state index contributed by atoms with van der Waals surface area (Å²) in [4.78, 5) is 16.8. The first-order valence-corrected chi connectivity index (χ1v) is 9.43. The van der Waals surface area contributed by atoms with Gasteiger partial charge in [-0.15, -0.1) is 5.10 Å². The van der Waals surface area contributed by atoms with Crippen molar-refractivity contribution in [1.29, 1.82) is 0 Å². The van der Waals surface area contributed by atoms with Gasteiger partial charge in [-0.05, 0) is 5.56 Å². The number of aromatic amines is 1. The summed E-state index contributed by atoms with van der Waals surface area (Å²) in [6, 6.07) is 11.4. The Kier molecular flexibility index (Phi) is 5.78. The van der Waals surface area contributed by atoms with Gasteiger partial charge in [0.15, 0.2) is 5.75 Å². The van der Waals surface area contributed by atoms with E-state index in [1.54, 1.807) is 12.3 Å². The van der Waals surface area contributed by atoms with Crippen LogP contribution in [0, 0.1) is 0 Å². The number of hydrogen-bond acceptors (Lipinski definition) is 5. The van der Waals surface area contributed by atoms with Crippen molar-refractivity contribution in [3.05, 3.63) is 69.9 Å². The minimum Gasteiger partial charge on any atom is -0.483 e. The summed E-state index contributed by atoms with van der Waals surface area (Å²) < 4.78 is 7.59. The van der Waals surface area contributed by atoms with E-state index in [2.05, 4.69) is 29.0 Å². The van der Waals surface area contributed by atoms with Gasteiger partial charge in [0.2, 0.25) is 10.6 Å². The number of ether oxygens (including phenoxy) is 1. The van der Waals surface area contributed by atoms with Crippen molar-refractivity contribution in [3.8, 4) is 5.75 Å². The molecule has 6 nitrogen and oxygen atoms in total. The summed E-state index contributed by atoms with van der Waals surface area (Å²) in [6.45, 7) is 4.50. The summed E-state index contributed by atoms with van der Waals surface area (Å²) in [5.41, 5.74) is 1.80. The fourth-order valence-electron chi connectivity index (χ4n) is 2.35. The smallest absolute Gasteiger partial charge is 0.223 e. The molecule has 0 aliphatic carbocycles. The van der Waals surface area contributed by atoms with Crippen LogP contribution in [0.2, 0.25) is 0 Å². The normalized spacial score (nSPS) is 11.1. The van der Waals surface area contributed by atoms with Gasteiger partial charge >= 0.3 is 0 Å². The van der Waals surface area contributed by atoms with E-state index in [0.717, 1.165) is 17.1 Å². The van der Waals surface area contributed by atoms with Gasteiger partial charge in [0.25, 0.3) is 0 Å². The number of benzene rings is 1. The third-order valence-electron chi connectivity index (χ3n) is 3.92. The summed E-state index contributed by atoms with van der Waals surface area (Å²) in [7, 11) is 1.90. The van der Waals surface area contributed by atoms with Gasteiger partial charge in [-0.1, -0.05) is 55.9 Å². The van der Waals surface area contributed by atoms with Crippen LogP contribution in [0.5, 0.6) is 5.75 Å². The van der Waals surface area contributed by atoms with Gasteiger partial charge < -0.3 is 9.30 Å². The number of H-pyrrole nitrogens is 1. The van der Waals surface area contributed by atoms with Crippen molar-refractivity contribution >= 4 is 11.8 Å². The minimum atomic E-state index is -0.118. The molecule has 0 aliphatic rings. The maximum atomic E-state index is 12.3. The Morgan fingerprint density at radius 2 is 2.04 bits per heavy atom. The molecule has 0 fully saturated rings.